The van der Waals surface area contributed by atoms with Gasteiger partial charge in [-0.3, -0.25) is 4.79 Å². The first-order valence-electron chi connectivity index (χ1n) is 7.91. The van der Waals surface area contributed by atoms with Gasteiger partial charge in [0.15, 0.2) is 0 Å². The van der Waals surface area contributed by atoms with Crippen molar-refractivity contribution < 1.29 is 4.79 Å². The molecule has 0 saturated carbocycles. The second-order valence-electron chi connectivity index (χ2n) is 6.14. The normalized spacial score (nSPS) is 14.0. The summed E-state index contributed by atoms with van der Waals surface area (Å²) < 4.78 is 0. The zero-order valence-corrected chi connectivity index (χ0v) is 14.5. The number of halogens is 2. The van der Waals surface area contributed by atoms with Crippen LogP contribution < -0.4 is 0 Å². The smallest absolute Gasteiger partial charge is 0.227 e. The van der Waals surface area contributed by atoms with Crippen molar-refractivity contribution >= 4 is 40.0 Å². The van der Waals surface area contributed by atoms with Crippen LogP contribution >= 0.6 is 23.2 Å². The van der Waals surface area contributed by atoms with Crippen LogP contribution in [0.5, 0.6) is 0 Å². The van der Waals surface area contributed by atoms with E-state index in [1.165, 1.54) is 11.3 Å². The standard InChI is InChI=1S/C19H16Cl2N2O/c20-13-3-1-12(2-4-13)9-19(24)23-8-7-18-16(11-23)15-10-14(21)5-6-17(15)22-18/h1-6,10,22H,7-9,11H2. The van der Waals surface area contributed by atoms with E-state index >= 15 is 0 Å². The van der Waals surface area contributed by atoms with Gasteiger partial charge in [-0.2, -0.15) is 0 Å². The molecule has 0 saturated heterocycles. The largest absolute Gasteiger partial charge is 0.358 e. The number of nitrogens with one attached hydrogen (secondary N) is 1. The average Bonchev–Trinajstić information content (AvgIpc) is 2.94. The number of H-pyrrole nitrogens is 1. The highest BCUT2D eigenvalue weighted by molar-refractivity contribution is 6.31. The number of rotatable bonds is 2. The molecule has 122 valence electrons. The molecule has 2 heterocycles. The second kappa shape index (κ2) is 6.15. The molecule has 1 aliphatic rings. The molecule has 1 aliphatic heterocycles. The van der Waals surface area contributed by atoms with E-state index in [1.54, 1.807) is 0 Å². The van der Waals surface area contributed by atoms with E-state index in [9.17, 15) is 4.79 Å². The molecule has 5 heteroatoms. The number of hydrogen-bond acceptors (Lipinski definition) is 1. The molecule has 0 atom stereocenters. The molecule has 1 aromatic heterocycles. The molecule has 4 rings (SSSR count). The summed E-state index contributed by atoms with van der Waals surface area (Å²) in [6, 6.07) is 13.3. The number of fused-ring (bicyclic) bond motifs is 3. The van der Waals surface area contributed by atoms with Gasteiger partial charge in [0.25, 0.3) is 0 Å². The third kappa shape index (κ3) is 2.90. The predicted molar refractivity (Wildman–Crippen MR) is 97.6 cm³/mol. The SMILES string of the molecule is O=C(Cc1ccc(Cl)cc1)N1CCc2[nH]c3ccc(Cl)cc3c2C1. The van der Waals surface area contributed by atoms with Crippen LogP contribution in [-0.4, -0.2) is 22.3 Å². The Labute approximate surface area is 150 Å². The minimum atomic E-state index is 0.138. The van der Waals surface area contributed by atoms with Crippen molar-refractivity contribution in [1.29, 1.82) is 0 Å². The monoisotopic (exact) mass is 358 g/mol. The number of hydrogen-bond donors (Lipinski definition) is 1. The zero-order chi connectivity index (χ0) is 16.7. The Morgan fingerprint density at radius 1 is 1.08 bits per heavy atom. The van der Waals surface area contributed by atoms with E-state index in [0.29, 0.717) is 23.0 Å². The minimum Gasteiger partial charge on any atom is -0.358 e. The molecule has 1 amide bonds. The van der Waals surface area contributed by atoms with E-state index < -0.39 is 0 Å². The van der Waals surface area contributed by atoms with E-state index in [4.69, 9.17) is 23.2 Å². The quantitative estimate of drug-likeness (QED) is 0.713. The molecule has 0 radical (unpaired) electrons. The van der Waals surface area contributed by atoms with Crippen molar-refractivity contribution in [3.05, 3.63) is 69.3 Å². The van der Waals surface area contributed by atoms with Crippen LogP contribution in [0.4, 0.5) is 0 Å². The number of carbonyl (C=O) groups is 1. The van der Waals surface area contributed by atoms with Gasteiger partial charge >= 0.3 is 0 Å². The maximum absolute atomic E-state index is 12.6. The van der Waals surface area contributed by atoms with Crippen molar-refractivity contribution in [1.82, 2.24) is 9.88 Å². The Balaban J connectivity index is 1.57. The van der Waals surface area contributed by atoms with Gasteiger partial charge in [-0.25, -0.2) is 0 Å². The summed E-state index contributed by atoms with van der Waals surface area (Å²) >= 11 is 12.0. The number of benzene rings is 2. The van der Waals surface area contributed by atoms with Gasteiger partial charge in [0.1, 0.15) is 0 Å². The van der Waals surface area contributed by atoms with E-state index in [1.807, 2.05) is 47.4 Å². The highest BCUT2D eigenvalue weighted by Gasteiger charge is 2.24. The minimum absolute atomic E-state index is 0.138. The van der Waals surface area contributed by atoms with Gasteiger partial charge in [0.2, 0.25) is 5.91 Å². The molecule has 0 bridgehead atoms. The maximum Gasteiger partial charge on any atom is 0.227 e. The molecule has 0 spiro atoms. The van der Waals surface area contributed by atoms with Crippen LogP contribution in [0.25, 0.3) is 10.9 Å². The van der Waals surface area contributed by atoms with Crippen LogP contribution in [-0.2, 0) is 24.2 Å². The first kappa shape index (κ1) is 15.6. The highest BCUT2D eigenvalue weighted by Crippen LogP contribution is 2.30. The molecule has 3 aromatic rings. The molecule has 2 aromatic carbocycles. The van der Waals surface area contributed by atoms with Crippen molar-refractivity contribution in [2.24, 2.45) is 0 Å². The zero-order valence-electron chi connectivity index (χ0n) is 13.0. The van der Waals surface area contributed by atoms with E-state index in [-0.39, 0.29) is 5.91 Å². The highest BCUT2D eigenvalue weighted by atomic mass is 35.5. The number of aromatic amines is 1. The molecular formula is C19H16Cl2N2O. The summed E-state index contributed by atoms with van der Waals surface area (Å²) in [6.45, 7) is 1.36. The molecule has 1 N–H and O–H groups in total. The first-order chi connectivity index (χ1) is 11.6. The molecule has 0 fully saturated rings. The van der Waals surface area contributed by atoms with Crippen LogP contribution in [0.3, 0.4) is 0 Å². The van der Waals surface area contributed by atoms with Crippen molar-refractivity contribution in [2.45, 2.75) is 19.4 Å². The van der Waals surface area contributed by atoms with E-state index in [2.05, 4.69) is 4.98 Å². The summed E-state index contributed by atoms with van der Waals surface area (Å²) in [6.07, 6.45) is 1.24. The number of amides is 1. The lowest BCUT2D eigenvalue weighted by Crippen LogP contribution is -2.36. The summed E-state index contributed by atoms with van der Waals surface area (Å²) in [5.41, 5.74) is 4.46. The van der Waals surface area contributed by atoms with Gasteiger partial charge in [0.05, 0.1) is 6.42 Å². The number of nitrogens with zero attached hydrogens (tertiary/aromatic N) is 1. The van der Waals surface area contributed by atoms with Gasteiger partial charge in [-0.1, -0.05) is 35.3 Å². The fourth-order valence-electron chi connectivity index (χ4n) is 3.29. The van der Waals surface area contributed by atoms with Gasteiger partial charge in [-0.15, -0.1) is 0 Å². The Kier molecular flexibility index (Phi) is 3.99. The predicted octanol–water partition coefficient (Wildman–Crippen LogP) is 4.60. The Bertz CT molecular complexity index is 915. The third-order valence-corrected chi connectivity index (χ3v) is 5.05. The summed E-state index contributed by atoms with van der Waals surface area (Å²) in [4.78, 5) is 18.0. The summed E-state index contributed by atoms with van der Waals surface area (Å²) in [5.74, 6) is 0.138. The molecule has 0 unspecified atom stereocenters. The molecule has 3 nitrogen and oxygen atoms in total. The van der Waals surface area contributed by atoms with Crippen LogP contribution in [0.2, 0.25) is 10.0 Å². The molecular weight excluding hydrogens is 343 g/mol. The van der Waals surface area contributed by atoms with Crippen LogP contribution in [0.15, 0.2) is 42.5 Å². The van der Waals surface area contributed by atoms with Crippen molar-refractivity contribution in [3.63, 3.8) is 0 Å². The summed E-state index contributed by atoms with van der Waals surface area (Å²) in [5, 5.41) is 2.51. The van der Waals surface area contributed by atoms with Gasteiger partial charge < -0.3 is 9.88 Å². The van der Waals surface area contributed by atoms with Crippen molar-refractivity contribution in [2.75, 3.05) is 6.54 Å². The average molecular weight is 359 g/mol. The van der Waals surface area contributed by atoms with Crippen LogP contribution in [0, 0.1) is 0 Å². The number of aromatic nitrogens is 1. The molecule has 24 heavy (non-hydrogen) atoms. The lowest BCUT2D eigenvalue weighted by molar-refractivity contribution is -0.131. The lowest BCUT2D eigenvalue weighted by Gasteiger charge is -2.27. The summed E-state index contributed by atoms with van der Waals surface area (Å²) in [7, 11) is 0. The first-order valence-corrected chi connectivity index (χ1v) is 8.67. The Morgan fingerprint density at radius 2 is 1.83 bits per heavy atom. The van der Waals surface area contributed by atoms with Gasteiger partial charge in [-0.05, 0) is 35.9 Å². The third-order valence-electron chi connectivity index (χ3n) is 4.56. The second-order valence-corrected chi connectivity index (χ2v) is 7.01. The maximum atomic E-state index is 12.6. The Morgan fingerprint density at radius 3 is 2.62 bits per heavy atom. The molecule has 0 aliphatic carbocycles. The fourth-order valence-corrected chi connectivity index (χ4v) is 3.59. The Hall–Kier alpha value is -1.97. The van der Waals surface area contributed by atoms with Gasteiger partial charge in [0, 0.05) is 51.7 Å². The topological polar surface area (TPSA) is 36.1 Å². The fraction of sp³-hybridized carbons (Fsp3) is 0.211. The van der Waals surface area contributed by atoms with Crippen molar-refractivity contribution in [3.8, 4) is 0 Å². The lowest BCUT2D eigenvalue weighted by atomic mass is 10.0. The van der Waals surface area contributed by atoms with E-state index in [0.717, 1.165) is 29.4 Å². The number of carbonyl (C=O) groups excluding carboxylic acids is 1. The van der Waals surface area contributed by atoms with Crippen LogP contribution in [0.1, 0.15) is 16.8 Å².